The number of anilines is 2. The van der Waals surface area contributed by atoms with Crippen molar-refractivity contribution in [1.29, 1.82) is 0 Å². The van der Waals surface area contributed by atoms with Crippen molar-refractivity contribution in [2.75, 3.05) is 68.3 Å². The number of ether oxygens (including phenoxy) is 1. The van der Waals surface area contributed by atoms with Crippen LogP contribution in [0.2, 0.25) is 5.02 Å². The number of aromatic amines is 1. The van der Waals surface area contributed by atoms with Crippen LogP contribution in [0.15, 0.2) is 119 Å². The molecule has 0 saturated carbocycles. The molecule has 4 aromatic carbocycles. The number of rotatable bonds is 22. The number of fused-ring (bicyclic) bond motifs is 2. The van der Waals surface area contributed by atoms with Crippen molar-refractivity contribution in [3.63, 3.8) is 0 Å². The summed E-state index contributed by atoms with van der Waals surface area (Å²) in [7, 11) is -4.68. The molecule has 6 amide bonds. The predicted molar refractivity (Wildman–Crippen MR) is 340 cm³/mol. The maximum Gasteiger partial charge on any atom is 0.293 e. The fraction of sp³-hybridized carbons (Fsp3) is 0.400. The van der Waals surface area contributed by atoms with E-state index in [4.69, 9.17) is 16.3 Å². The summed E-state index contributed by atoms with van der Waals surface area (Å²) in [5.74, 6) is -2.11. The maximum atomic E-state index is 14.2. The van der Waals surface area contributed by atoms with Gasteiger partial charge in [0.05, 0.1) is 32.7 Å². The Balaban J connectivity index is 0.673. The summed E-state index contributed by atoms with van der Waals surface area (Å²) in [5, 5.41) is 19.4. The third kappa shape index (κ3) is 14.5. The number of piperazine rings is 1. The van der Waals surface area contributed by atoms with E-state index < -0.39 is 61.1 Å². The molecule has 21 nitrogen and oxygen atoms in total. The number of piperidine rings is 2. The first-order valence-corrected chi connectivity index (χ1v) is 33.2. The van der Waals surface area contributed by atoms with Crippen LogP contribution in [0.5, 0.6) is 11.5 Å². The zero-order valence-electron chi connectivity index (χ0n) is 49.7. The van der Waals surface area contributed by atoms with Gasteiger partial charge < -0.3 is 24.8 Å². The molecular weight excluding hydrogens is 1200 g/mol. The highest BCUT2D eigenvalue weighted by Crippen LogP contribution is 2.44. The van der Waals surface area contributed by atoms with Crippen molar-refractivity contribution in [2.45, 2.75) is 107 Å². The van der Waals surface area contributed by atoms with Crippen LogP contribution < -0.4 is 25.0 Å². The number of thioether (sulfide) groups is 1. The van der Waals surface area contributed by atoms with Gasteiger partial charge in [-0.2, -0.15) is 0 Å². The lowest BCUT2D eigenvalue weighted by Gasteiger charge is -2.39. The minimum Gasteiger partial charge on any atom is -0.455 e. The number of carbonyl (C=O) groups excluding carboxylic acids is 6. The molecule has 5 aliphatic rings. The molecule has 3 fully saturated rings. The molecule has 24 heteroatoms. The predicted octanol–water partition coefficient (Wildman–Crippen LogP) is 10.6. The maximum absolute atomic E-state index is 14.2. The van der Waals surface area contributed by atoms with Crippen LogP contribution in [0.3, 0.4) is 0 Å². The second-order valence-corrected chi connectivity index (χ2v) is 27.6. The van der Waals surface area contributed by atoms with Crippen molar-refractivity contribution < 1.29 is 46.8 Å². The molecule has 3 saturated heterocycles. The number of amides is 6. The van der Waals surface area contributed by atoms with Gasteiger partial charge in [0.25, 0.3) is 33.4 Å². The third-order valence-electron chi connectivity index (χ3n) is 17.5. The molecule has 6 aromatic rings. The first-order chi connectivity index (χ1) is 42.8. The van der Waals surface area contributed by atoms with Gasteiger partial charge in [-0.1, -0.05) is 62.1 Å². The number of halogens is 1. The number of carbonyl (C=O) groups is 6. The Morgan fingerprint density at radius 2 is 1.70 bits per heavy atom. The van der Waals surface area contributed by atoms with Crippen LogP contribution in [-0.2, 0) is 24.4 Å². The van der Waals surface area contributed by atoms with Gasteiger partial charge in [0.1, 0.15) is 28.9 Å². The highest BCUT2D eigenvalue weighted by molar-refractivity contribution is 7.99. The third-order valence-corrected chi connectivity index (χ3v) is 20.2. The minimum atomic E-state index is -4.68. The lowest BCUT2D eigenvalue weighted by atomic mass is 9.72. The fourth-order valence-electron chi connectivity index (χ4n) is 12.6. The normalized spacial score (nSPS) is 18.9. The minimum absolute atomic E-state index is 0.0200. The number of hydrogen-bond acceptors (Lipinski definition) is 16. The van der Waals surface area contributed by atoms with E-state index in [9.17, 15) is 47.3 Å². The van der Waals surface area contributed by atoms with Gasteiger partial charge in [0.15, 0.2) is 0 Å². The van der Waals surface area contributed by atoms with E-state index in [2.05, 4.69) is 61.1 Å². The van der Waals surface area contributed by atoms with Gasteiger partial charge in [-0.25, -0.2) is 18.1 Å². The van der Waals surface area contributed by atoms with Gasteiger partial charge >= 0.3 is 0 Å². The Morgan fingerprint density at radius 3 is 2.48 bits per heavy atom. The van der Waals surface area contributed by atoms with Crippen molar-refractivity contribution in [3.8, 4) is 11.5 Å². The van der Waals surface area contributed by atoms with Gasteiger partial charge in [-0.15, -0.1) is 11.8 Å². The first-order valence-electron chi connectivity index (χ1n) is 30.3. The number of nitrogens with zero attached hydrogens (tertiary/aromatic N) is 6. The second kappa shape index (κ2) is 26.9. The Kier molecular flexibility index (Phi) is 18.9. The second-order valence-electron chi connectivity index (χ2n) is 24.3. The van der Waals surface area contributed by atoms with E-state index in [1.807, 2.05) is 23.1 Å². The highest BCUT2D eigenvalue weighted by Gasteiger charge is 2.46. The molecule has 0 radical (unpaired) electrons. The van der Waals surface area contributed by atoms with Crippen LogP contribution in [0.25, 0.3) is 16.6 Å². The molecule has 1 aliphatic carbocycles. The highest BCUT2D eigenvalue weighted by atomic mass is 35.5. The fourth-order valence-corrected chi connectivity index (χ4v) is 14.8. The summed E-state index contributed by atoms with van der Waals surface area (Å²) in [4.78, 5) is 105. The molecule has 0 spiro atoms. The number of sulfonamides is 1. The van der Waals surface area contributed by atoms with Crippen LogP contribution in [-0.4, -0.2) is 138 Å². The molecular formula is C65H71ClN10O11S2. The number of H-pyrrole nitrogens is 1. The Labute approximate surface area is 525 Å². The van der Waals surface area contributed by atoms with E-state index in [0.717, 1.165) is 93.0 Å². The lowest BCUT2D eigenvalue weighted by Crippen LogP contribution is -2.54. The number of nitrogens with one attached hydrogen (secondary N) is 4. The molecule has 2 unspecified atom stereocenters. The lowest BCUT2D eigenvalue weighted by molar-refractivity contribution is -0.384. The number of aromatic nitrogens is 2. The Bertz CT molecular complexity index is 3900. The molecule has 4 N–H and O–H groups in total. The molecule has 6 heterocycles. The summed E-state index contributed by atoms with van der Waals surface area (Å²) in [6.45, 7) is 9.78. The monoisotopic (exact) mass is 1270 g/mol. The Hall–Kier alpha value is -8.12. The van der Waals surface area contributed by atoms with Crippen LogP contribution in [0, 0.1) is 21.4 Å². The Morgan fingerprint density at radius 1 is 0.899 bits per heavy atom. The van der Waals surface area contributed by atoms with Crippen molar-refractivity contribution in [2.24, 2.45) is 11.3 Å². The van der Waals surface area contributed by atoms with Crippen LogP contribution >= 0.6 is 23.4 Å². The SMILES string of the molecule is CC1(C)CCC(CN2CCN(c3ccc(C(=O)NS(=O)(=O)c4ccc(NCC5CCCN(C(=O)CCCCCCSc6cccc7c6C(=O)N(C6CCC(=O)NC6=O)C7=O)C5)c([N+](=O)[O-])c4)c(Oc4cnc5[nH]ccc5c4)c3)CC2)=C(c2ccc(Cl)cc2)C1. The van der Waals surface area contributed by atoms with Gasteiger partial charge in [-0.3, -0.25) is 54.0 Å². The largest absolute Gasteiger partial charge is 0.455 e. The van der Waals surface area contributed by atoms with Crippen molar-refractivity contribution in [3.05, 3.63) is 146 Å². The summed E-state index contributed by atoms with van der Waals surface area (Å²) < 4.78 is 36.5. The summed E-state index contributed by atoms with van der Waals surface area (Å²) in [5.41, 5.74) is 5.67. The molecule has 2 atom stereocenters. The number of likely N-dealkylation sites (tertiary alicyclic amines) is 1. The average Bonchev–Trinajstić information content (AvgIpc) is 1.73. The number of imide groups is 2. The molecule has 2 aromatic heterocycles. The zero-order chi connectivity index (χ0) is 62.6. The van der Waals surface area contributed by atoms with E-state index in [-0.39, 0.29) is 64.8 Å². The standard InChI is InChI=1S/C65H71ClN10O11S2/c1-65(2)25-23-44(51(36-65)42-13-15-45(66)16-14-42)40-72-28-30-73(31-29-72)46-17-19-49(55(34-46)87-47-33-43-24-26-67-60(43)69-38-47)61(79)71-89(85,86)48-18-20-52(54(35-48)76(83)84)68-37-41-9-8-27-74(39-41)58(78)12-5-3-4-6-32-88-56-11-7-10-50-59(56)64(82)75(63(50)81)53-21-22-57(77)70-62(53)80/h7,10-11,13-20,24,26,33-35,38,41,53,68H,3-6,8-9,12,21-23,25,27-32,36-37,39-40H2,1-2H3,(H,67,69)(H,71,79)(H,70,77,80). The average molecular weight is 1270 g/mol. The summed E-state index contributed by atoms with van der Waals surface area (Å²) in [6, 6.07) is 24.2. The van der Waals surface area contributed by atoms with E-state index in [0.29, 0.717) is 66.1 Å². The molecule has 0 bridgehead atoms. The molecule has 4 aliphatic heterocycles. The van der Waals surface area contributed by atoms with Gasteiger partial charge in [-0.05, 0) is 140 Å². The van der Waals surface area contributed by atoms with Crippen LogP contribution in [0.1, 0.15) is 128 Å². The summed E-state index contributed by atoms with van der Waals surface area (Å²) in [6.07, 6.45) is 11.5. The number of benzene rings is 4. The number of unbranched alkanes of at least 4 members (excludes halogenated alkanes) is 3. The first kappa shape index (κ1) is 62.5. The number of pyridine rings is 1. The smallest absolute Gasteiger partial charge is 0.293 e. The number of allylic oxidation sites excluding steroid dienone is 1. The van der Waals surface area contributed by atoms with Crippen molar-refractivity contribution in [1.82, 2.24) is 34.7 Å². The molecule has 466 valence electrons. The van der Waals surface area contributed by atoms with E-state index >= 15 is 0 Å². The van der Waals surface area contributed by atoms with E-state index in [1.54, 1.807) is 42.6 Å². The molecule has 11 rings (SSSR count). The van der Waals surface area contributed by atoms with Gasteiger partial charge in [0.2, 0.25) is 17.7 Å². The summed E-state index contributed by atoms with van der Waals surface area (Å²) >= 11 is 7.73. The number of nitro benzene ring substituents is 1. The van der Waals surface area contributed by atoms with E-state index in [1.165, 1.54) is 52.9 Å². The zero-order valence-corrected chi connectivity index (χ0v) is 52.1. The topological polar surface area (TPSA) is 267 Å². The molecule has 89 heavy (non-hydrogen) atoms. The van der Waals surface area contributed by atoms with Gasteiger partial charge in [0, 0.05) is 105 Å². The van der Waals surface area contributed by atoms with Crippen molar-refractivity contribution >= 4 is 102 Å². The number of nitro groups is 1. The quantitative estimate of drug-likeness (QED) is 0.0162. The number of hydrogen-bond donors (Lipinski definition) is 4. The van der Waals surface area contributed by atoms with Crippen LogP contribution in [0.4, 0.5) is 17.1 Å².